The van der Waals surface area contributed by atoms with E-state index in [1.54, 1.807) is 0 Å². The summed E-state index contributed by atoms with van der Waals surface area (Å²) < 4.78 is 25.2. The van der Waals surface area contributed by atoms with Crippen molar-refractivity contribution < 1.29 is 23.8 Å². The van der Waals surface area contributed by atoms with Gasteiger partial charge in [0.05, 0.1) is 18.2 Å². The van der Waals surface area contributed by atoms with E-state index in [9.17, 15) is 14.3 Å². The summed E-state index contributed by atoms with van der Waals surface area (Å²) in [5.41, 5.74) is 10.2. The fraction of sp³-hybridized carbons (Fsp3) is 0.409. The van der Waals surface area contributed by atoms with E-state index in [4.69, 9.17) is 15.0 Å². The first-order valence-corrected chi connectivity index (χ1v) is 10.1. The summed E-state index contributed by atoms with van der Waals surface area (Å²) >= 11 is 0. The summed E-state index contributed by atoms with van der Waals surface area (Å²) in [5.74, 6) is 0. The van der Waals surface area contributed by atoms with Gasteiger partial charge in [0.1, 0.15) is 13.3 Å². The second-order valence-electron chi connectivity index (χ2n) is 7.29. The van der Waals surface area contributed by atoms with Gasteiger partial charge in [-0.2, -0.15) is 0 Å². The van der Waals surface area contributed by atoms with Crippen molar-refractivity contribution in [1.82, 2.24) is 4.90 Å². The smallest absolute Gasteiger partial charge is 0.410 e. The van der Waals surface area contributed by atoms with E-state index >= 15 is 0 Å². The van der Waals surface area contributed by atoms with Crippen LogP contribution in [0, 0.1) is 0 Å². The van der Waals surface area contributed by atoms with Gasteiger partial charge >= 0.3 is 6.09 Å². The summed E-state index contributed by atoms with van der Waals surface area (Å²) in [7, 11) is 0. The maximum Gasteiger partial charge on any atom is 0.410 e. The number of benzene rings is 2. The molecule has 1 heterocycles. The summed E-state index contributed by atoms with van der Waals surface area (Å²) in [6, 6.07) is 16.7. The van der Waals surface area contributed by atoms with Crippen LogP contribution < -0.4 is 0 Å². The van der Waals surface area contributed by atoms with E-state index in [-0.39, 0.29) is 13.2 Å². The number of alkyl halides is 1. The van der Waals surface area contributed by atoms with Crippen LogP contribution in [0.4, 0.5) is 9.18 Å². The van der Waals surface area contributed by atoms with E-state index < -0.39 is 37.2 Å². The monoisotopic (exact) mass is 428 g/mol. The van der Waals surface area contributed by atoms with Gasteiger partial charge in [-0.3, -0.25) is 4.90 Å². The highest BCUT2D eigenvalue weighted by atomic mass is 19.1. The fourth-order valence-corrected chi connectivity index (χ4v) is 3.56. The molecular weight excluding hydrogens is 403 g/mol. The summed E-state index contributed by atoms with van der Waals surface area (Å²) in [6.45, 7) is -0.702. The lowest BCUT2D eigenvalue weighted by Gasteiger charge is -2.39. The van der Waals surface area contributed by atoms with Gasteiger partial charge in [0.15, 0.2) is 6.29 Å². The number of azide groups is 1. The molecule has 0 aromatic heterocycles. The molecule has 0 saturated carbocycles. The summed E-state index contributed by atoms with van der Waals surface area (Å²) in [5, 5.41) is 13.6. The predicted octanol–water partition coefficient (Wildman–Crippen LogP) is 4.34. The molecule has 1 amide bonds. The topological polar surface area (TPSA) is 108 Å². The Morgan fingerprint density at radius 1 is 1.19 bits per heavy atom. The van der Waals surface area contributed by atoms with Crippen molar-refractivity contribution in [2.75, 3.05) is 6.67 Å². The van der Waals surface area contributed by atoms with Crippen LogP contribution in [0.25, 0.3) is 10.4 Å². The molecule has 1 unspecified atom stereocenters. The standard InChI is InChI=1S/C22H25FN4O4/c23-13-19(20-12-11-18(25-26-24)21(28)31-20)27(14-16-7-3-1-4-8-16)22(29)30-15-17-9-5-2-6-10-17/h1-10,18-21,28H,11-15H2/t18-,19-,20+,21?/m1/s1. The average Bonchev–Trinajstić information content (AvgIpc) is 2.80. The SMILES string of the molecule is [N-]=[N+]=N[C@@H]1CC[C@@H]([C@@H](CF)N(Cc2ccccc2)C(=O)OCc2ccccc2)OC1O. The lowest BCUT2D eigenvalue weighted by atomic mass is 9.98. The Labute approximate surface area is 179 Å². The third-order valence-electron chi connectivity index (χ3n) is 5.21. The van der Waals surface area contributed by atoms with E-state index in [0.717, 1.165) is 11.1 Å². The molecule has 0 bridgehead atoms. The van der Waals surface area contributed by atoms with Crippen LogP contribution >= 0.6 is 0 Å². The molecule has 0 aliphatic carbocycles. The molecule has 1 aliphatic heterocycles. The molecule has 3 rings (SSSR count). The second-order valence-corrected chi connectivity index (χ2v) is 7.29. The van der Waals surface area contributed by atoms with Crippen LogP contribution in [0.15, 0.2) is 65.8 Å². The first-order valence-electron chi connectivity index (χ1n) is 10.1. The van der Waals surface area contributed by atoms with Crippen molar-refractivity contribution in [3.8, 4) is 0 Å². The van der Waals surface area contributed by atoms with Crippen molar-refractivity contribution >= 4 is 6.09 Å². The van der Waals surface area contributed by atoms with Crippen LogP contribution in [0.5, 0.6) is 0 Å². The van der Waals surface area contributed by atoms with Crippen LogP contribution in [0.1, 0.15) is 24.0 Å². The van der Waals surface area contributed by atoms with Crippen LogP contribution in [-0.2, 0) is 22.6 Å². The molecule has 1 N–H and O–H groups in total. The number of nitrogens with zero attached hydrogens (tertiary/aromatic N) is 4. The number of carbonyl (C=O) groups excluding carboxylic acids is 1. The molecule has 8 nitrogen and oxygen atoms in total. The van der Waals surface area contributed by atoms with Crippen LogP contribution in [0.2, 0.25) is 0 Å². The molecular formula is C22H25FN4O4. The molecule has 4 atom stereocenters. The van der Waals surface area contributed by atoms with Gasteiger partial charge in [0.2, 0.25) is 0 Å². The quantitative estimate of drug-likeness (QED) is 0.383. The molecule has 1 saturated heterocycles. The number of ether oxygens (including phenoxy) is 2. The van der Waals surface area contributed by atoms with Crippen molar-refractivity contribution in [3.63, 3.8) is 0 Å². The Kier molecular flexibility index (Phi) is 8.23. The minimum absolute atomic E-state index is 0.0527. The molecule has 164 valence electrons. The molecule has 31 heavy (non-hydrogen) atoms. The van der Waals surface area contributed by atoms with Gasteiger partial charge in [0.25, 0.3) is 0 Å². The number of aliphatic hydroxyl groups excluding tert-OH is 1. The Hall–Kier alpha value is -3.13. The Morgan fingerprint density at radius 2 is 1.84 bits per heavy atom. The van der Waals surface area contributed by atoms with Crippen molar-refractivity contribution in [2.45, 2.75) is 50.5 Å². The largest absolute Gasteiger partial charge is 0.445 e. The Bertz CT molecular complexity index is 880. The molecule has 9 heteroatoms. The van der Waals surface area contributed by atoms with E-state index in [1.165, 1.54) is 4.90 Å². The van der Waals surface area contributed by atoms with E-state index in [2.05, 4.69) is 10.0 Å². The van der Waals surface area contributed by atoms with Gasteiger partial charge < -0.3 is 14.6 Å². The zero-order valence-electron chi connectivity index (χ0n) is 17.0. The molecule has 1 fully saturated rings. The van der Waals surface area contributed by atoms with Gasteiger partial charge in [0, 0.05) is 11.5 Å². The van der Waals surface area contributed by atoms with Crippen molar-refractivity contribution in [2.24, 2.45) is 5.11 Å². The summed E-state index contributed by atoms with van der Waals surface area (Å²) in [4.78, 5) is 17.0. The number of aliphatic hydroxyl groups is 1. The lowest BCUT2D eigenvalue weighted by Crippen LogP contribution is -2.53. The molecule has 1 aliphatic rings. The molecule has 0 spiro atoms. The number of halogens is 1. The zero-order chi connectivity index (χ0) is 22.1. The average molecular weight is 428 g/mol. The third kappa shape index (κ3) is 6.18. The van der Waals surface area contributed by atoms with Gasteiger partial charge in [-0.05, 0) is 29.5 Å². The maximum atomic E-state index is 14.2. The van der Waals surface area contributed by atoms with Gasteiger partial charge in [-0.1, -0.05) is 65.8 Å². The van der Waals surface area contributed by atoms with Gasteiger partial charge in [-0.25, -0.2) is 9.18 Å². The van der Waals surface area contributed by atoms with Crippen LogP contribution in [-0.4, -0.2) is 47.3 Å². The maximum absolute atomic E-state index is 14.2. The Morgan fingerprint density at radius 3 is 2.42 bits per heavy atom. The summed E-state index contributed by atoms with van der Waals surface area (Å²) in [6.07, 6.45) is -2.15. The zero-order valence-corrected chi connectivity index (χ0v) is 17.0. The first kappa shape index (κ1) is 22.6. The number of carbonyl (C=O) groups is 1. The van der Waals surface area contributed by atoms with Crippen molar-refractivity contribution in [1.29, 1.82) is 0 Å². The van der Waals surface area contributed by atoms with Crippen molar-refractivity contribution in [3.05, 3.63) is 82.2 Å². The predicted molar refractivity (Wildman–Crippen MR) is 111 cm³/mol. The normalized spacial score (nSPS) is 21.5. The molecule has 2 aromatic carbocycles. The highest BCUT2D eigenvalue weighted by Crippen LogP contribution is 2.27. The number of amides is 1. The molecule has 2 aromatic rings. The highest BCUT2D eigenvalue weighted by Gasteiger charge is 2.38. The number of hydrogen-bond donors (Lipinski definition) is 1. The molecule has 0 radical (unpaired) electrons. The van der Waals surface area contributed by atoms with E-state index in [0.29, 0.717) is 12.8 Å². The van der Waals surface area contributed by atoms with Crippen LogP contribution in [0.3, 0.4) is 0 Å². The fourth-order valence-electron chi connectivity index (χ4n) is 3.56. The minimum atomic E-state index is -1.36. The second kappa shape index (κ2) is 11.3. The number of rotatable bonds is 8. The lowest BCUT2D eigenvalue weighted by molar-refractivity contribution is -0.189. The van der Waals surface area contributed by atoms with Gasteiger partial charge in [-0.15, -0.1) is 0 Å². The minimum Gasteiger partial charge on any atom is -0.445 e. The number of hydrogen-bond acceptors (Lipinski definition) is 5. The first-order chi connectivity index (χ1) is 15.1. The third-order valence-corrected chi connectivity index (χ3v) is 5.21. The van der Waals surface area contributed by atoms with E-state index in [1.807, 2.05) is 60.7 Å². The Balaban J connectivity index is 1.76. The highest BCUT2D eigenvalue weighted by molar-refractivity contribution is 5.68.